The molecule has 3 aromatic rings. The van der Waals surface area contributed by atoms with Crippen LogP contribution < -0.4 is 10.2 Å². The molecule has 0 radical (unpaired) electrons. The van der Waals surface area contributed by atoms with Crippen LogP contribution in [0.4, 0.5) is 11.4 Å². The monoisotopic (exact) mass is 414 g/mol. The van der Waals surface area contributed by atoms with Crippen molar-refractivity contribution in [3.8, 4) is 11.1 Å². The maximum atomic E-state index is 4.54. The molecule has 5 rings (SSSR count). The highest BCUT2D eigenvalue weighted by Crippen LogP contribution is 2.30. The summed E-state index contributed by atoms with van der Waals surface area (Å²) in [4.78, 5) is 9.38. The molecule has 1 N–H and O–H groups in total. The van der Waals surface area contributed by atoms with Gasteiger partial charge in [0.25, 0.3) is 0 Å². The molecule has 0 amide bonds. The highest BCUT2D eigenvalue weighted by atomic mass is 32.1. The lowest BCUT2D eigenvalue weighted by Gasteiger charge is -2.34. The lowest BCUT2D eigenvalue weighted by atomic mass is 9.94. The number of likely N-dealkylation sites (N-methyl/N-ethyl adjacent to an activating group) is 1. The van der Waals surface area contributed by atoms with Crippen molar-refractivity contribution in [3.05, 3.63) is 76.6 Å². The average molecular weight is 415 g/mol. The third-order valence-electron chi connectivity index (χ3n) is 5.89. The molecule has 2 aromatic carbocycles. The van der Waals surface area contributed by atoms with Crippen LogP contribution in [0.5, 0.6) is 0 Å². The maximum Gasteiger partial charge on any atom is 0.0660 e. The van der Waals surface area contributed by atoms with E-state index in [1.54, 1.807) is 11.3 Å². The third-order valence-corrected chi connectivity index (χ3v) is 6.58. The number of benzene rings is 2. The van der Waals surface area contributed by atoms with Gasteiger partial charge < -0.3 is 15.1 Å². The zero-order chi connectivity index (χ0) is 20.3. The van der Waals surface area contributed by atoms with Gasteiger partial charge in [0.1, 0.15) is 0 Å². The Hall–Kier alpha value is -2.89. The Morgan fingerprint density at radius 2 is 1.80 bits per heavy atom. The molecule has 1 aromatic heterocycles. The summed E-state index contributed by atoms with van der Waals surface area (Å²) in [7, 11) is 2.19. The van der Waals surface area contributed by atoms with Crippen molar-refractivity contribution in [1.29, 1.82) is 0 Å². The number of rotatable bonds is 4. The molecule has 0 spiro atoms. The number of hydrogen-bond acceptors (Lipinski definition) is 5. The van der Waals surface area contributed by atoms with E-state index in [-0.39, 0.29) is 0 Å². The predicted molar refractivity (Wildman–Crippen MR) is 130 cm³/mol. The fraction of sp³-hybridized carbons (Fsp3) is 0.240. The van der Waals surface area contributed by atoms with Crippen molar-refractivity contribution in [1.82, 2.24) is 4.90 Å². The molecule has 2 aliphatic heterocycles. The molecule has 2 aliphatic rings. The Labute approximate surface area is 182 Å². The van der Waals surface area contributed by atoms with Crippen LogP contribution in [0.15, 0.2) is 70.5 Å². The highest BCUT2D eigenvalue weighted by molar-refractivity contribution is 7.08. The molecular weight excluding hydrogens is 388 g/mol. The van der Waals surface area contributed by atoms with Crippen LogP contribution in [0.3, 0.4) is 0 Å². The number of thiophene rings is 1. The van der Waals surface area contributed by atoms with Gasteiger partial charge in [-0.15, -0.1) is 0 Å². The second kappa shape index (κ2) is 8.46. The second-order valence-electron chi connectivity index (χ2n) is 7.93. The van der Waals surface area contributed by atoms with Gasteiger partial charge in [0.2, 0.25) is 0 Å². The summed E-state index contributed by atoms with van der Waals surface area (Å²) in [6.07, 6.45) is 4.09. The zero-order valence-corrected chi connectivity index (χ0v) is 18.0. The molecule has 1 saturated heterocycles. The van der Waals surface area contributed by atoms with Crippen LogP contribution in [0.2, 0.25) is 0 Å². The molecule has 4 nitrogen and oxygen atoms in total. The largest absolute Gasteiger partial charge is 0.369 e. The Morgan fingerprint density at radius 3 is 2.57 bits per heavy atom. The van der Waals surface area contributed by atoms with E-state index in [1.807, 2.05) is 6.21 Å². The molecule has 152 valence electrons. The number of anilines is 2. The molecule has 0 bridgehead atoms. The molecule has 0 aliphatic carbocycles. The first-order valence-corrected chi connectivity index (χ1v) is 11.4. The summed E-state index contributed by atoms with van der Waals surface area (Å²) in [6.45, 7) is 5.13. The van der Waals surface area contributed by atoms with E-state index in [0.29, 0.717) is 6.54 Å². The SMILES string of the molecule is CN1CCN(c2ccc(N/C=C3\CN=Cc4ccc(-c5ccsc5)cc43)cc2)CC1. The van der Waals surface area contributed by atoms with Gasteiger partial charge in [-0.1, -0.05) is 12.1 Å². The number of nitrogens with one attached hydrogen (secondary N) is 1. The Bertz CT molecular complexity index is 1060. The fourth-order valence-electron chi connectivity index (χ4n) is 4.01. The second-order valence-corrected chi connectivity index (χ2v) is 8.71. The fourth-order valence-corrected chi connectivity index (χ4v) is 4.67. The van der Waals surface area contributed by atoms with E-state index in [9.17, 15) is 0 Å². The van der Waals surface area contributed by atoms with Crippen molar-refractivity contribution in [2.75, 3.05) is 50.0 Å². The van der Waals surface area contributed by atoms with E-state index < -0.39 is 0 Å². The topological polar surface area (TPSA) is 30.9 Å². The summed E-state index contributed by atoms with van der Waals surface area (Å²) in [5.41, 5.74) is 8.59. The van der Waals surface area contributed by atoms with Gasteiger partial charge in [0.15, 0.2) is 0 Å². The van der Waals surface area contributed by atoms with Crippen LogP contribution in [0.25, 0.3) is 16.7 Å². The highest BCUT2D eigenvalue weighted by Gasteiger charge is 2.15. The minimum Gasteiger partial charge on any atom is -0.369 e. The van der Waals surface area contributed by atoms with Crippen molar-refractivity contribution < 1.29 is 0 Å². The standard InChI is InChI=1S/C25H26N4S/c1-28-9-11-29(12-10-28)24-6-4-23(5-7-24)27-17-22-16-26-15-20-3-2-19(14-25(20)22)21-8-13-30-18-21/h2-8,13-15,17-18,27H,9-12,16H2,1H3/b22-17+. The number of piperazine rings is 1. The number of nitrogens with zero attached hydrogens (tertiary/aromatic N) is 3. The lowest BCUT2D eigenvalue weighted by Crippen LogP contribution is -2.44. The smallest absolute Gasteiger partial charge is 0.0660 e. The minimum absolute atomic E-state index is 0.701. The summed E-state index contributed by atoms with van der Waals surface area (Å²) in [6, 6.07) is 17.6. The summed E-state index contributed by atoms with van der Waals surface area (Å²) < 4.78 is 0. The minimum atomic E-state index is 0.701. The van der Waals surface area contributed by atoms with Crippen molar-refractivity contribution in [2.24, 2.45) is 4.99 Å². The van der Waals surface area contributed by atoms with E-state index in [0.717, 1.165) is 31.9 Å². The van der Waals surface area contributed by atoms with Gasteiger partial charge in [-0.3, -0.25) is 4.99 Å². The van der Waals surface area contributed by atoms with Gasteiger partial charge in [-0.25, -0.2) is 0 Å². The van der Waals surface area contributed by atoms with Gasteiger partial charge >= 0.3 is 0 Å². The van der Waals surface area contributed by atoms with Crippen molar-refractivity contribution in [2.45, 2.75) is 0 Å². The van der Waals surface area contributed by atoms with Gasteiger partial charge in [0.05, 0.1) is 6.54 Å². The molecule has 5 heteroatoms. The quantitative estimate of drug-likeness (QED) is 0.648. The Morgan fingerprint density at radius 1 is 0.967 bits per heavy atom. The number of hydrogen-bond donors (Lipinski definition) is 1. The molecule has 0 unspecified atom stereocenters. The molecule has 30 heavy (non-hydrogen) atoms. The van der Waals surface area contributed by atoms with E-state index >= 15 is 0 Å². The number of aliphatic imine (C=N–C) groups is 1. The first-order chi connectivity index (χ1) is 14.8. The molecular formula is C25H26N4S. The Kier molecular flexibility index (Phi) is 5.39. The van der Waals surface area contributed by atoms with Crippen LogP contribution in [0, 0.1) is 0 Å². The maximum absolute atomic E-state index is 4.54. The first kappa shape index (κ1) is 19.1. The van der Waals surface area contributed by atoms with Crippen molar-refractivity contribution in [3.63, 3.8) is 0 Å². The van der Waals surface area contributed by atoms with Crippen molar-refractivity contribution >= 4 is 34.5 Å². The van der Waals surface area contributed by atoms with Crippen LogP contribution in [0.1, 0.15) is 11.1 Å². The number of fused-ring (bicyclic) bond motifs is 1. The van der Waals surface area contributed by atoms with Crippen LogP contribution >= 0.6 is 11.3 Å². The van der Waals surface area contributed by atoms with E-state index in [1.165, 1.54) is 33.5 Å². The molecule has 3 heterocycles. The summed E-state index contributed by atoms with van der Waals surface area (Å²) in [5, 5.41) is 7.81. The van der Waals surface area contributed by atoms with Gasteiger partial charge in [-0.05, 0) is 82.0 Å². The normalized spacial score (nSPS) is 17.9. The van der Waals surface area contributed by atoms with Crippen LogP contribution in [-0.2, 0) is 0 Å². The molecule has 1 fully saturated rings. The predicted octanol–water partition coefficient (Wildman–Crippen LogP) is 5.05. The molecule has 0 saturated carbocycles. The third kappa shape index (κ3) is 4.04. The van der Waals surface area contributed by atoms with E-state index in [4.69, 9.17) is 0 Å². The van der Waals surface area contributed by atoms with Crippen LogP contribution in [-0.4, -0.2) is 50.9 Å². The van der Waals surface area contributed by atoms with Gasteiger partial charge in [0, 0.05) is 50.0 Å². The molecule has 0 atom stereocenters. The Balaban J connectivity index is 1.33. The van der Waals surface area contributed by atoms with E-state index in [2.05, 4.69) is 92.6 Å². The average Bonchev–Trinajstić information content (AvgIpc) is 3.33. The lowest BCUT2D eigenvalue weighted by molar-refractivity contribution is 0.313. The first-order valence-electron chi connectivity index (χ1n) is 10.4. The zero-order valence-electron chi connectivity index (χ0n) is 17.2. The van der Waals surface area contributed by atoms with Gasteiger partial charge in [-0.2, -0.15) is 11.3 Å². The summed E-state index contributed by atoms with van der Waals surface area (Å²) >= 11 is 1.73. The summed E-state index contributed by atoms with van der Waals surface area (Å²) in [5.74, 6) is 0.